The van der Waals surface area contributed by atoms with Crippen LogP contribution in [0.2, 0.25) is 0 Å². The molecule has 1 aromatic heterocycles. The molecule has 1 rings (SSSR count). The average Bonchev–Trinajstić information content (AvgIpc) is 2.52. The number of carboxylic acid groups (broad SMARTS) is 1. The van der Waals surface area contributed by atoms with Crippen LogP contribution in [0.15, 0.2) is 16.7 Å². The third-order valence-corrected chi connectivity index (χ3v) is 3.33. The number of rotatable bonds is 4. The zero-order chi connectivity index (χ0) is 10.7. The second-order valence-electron chi connectivity index (χ2n) is 3.18. The first-order chi connectivity index (χ1) is 6.50. The van der Waals surface area contributed by atoms with Crippen LogP contribution in [0.4, 0.5) is 0 Å². The van der Waals surface area contributed by atoms with Crippen LogP contribution in [0.3, 0.4) is 0 Å². The van der Waals surface area contributed by atoms with Crippen molar-refractivity contribution in [3.8, 4) is 0 Å². The van der Waals surface area contributed by atoms with E-state index in [-0.39, 0.29) is 16.6 Å². The van der Waals surface area contributed by atoms with Gasteiger partial charge in [-0.1, -0.05) is 13.8 Å². The Bertz CT molecular complexity index is 353. The minimum atomic E-state index is -1.03. The SMILES string of the molecule is CC(C)S(=O)Cc1cc(C(=O)O)co1. The predicted octanol–water partition coefficient (Wildman–Crippen LogP) is 1.63. The smallest absolute Gasteiger partial charge is 0.338 e. The summed E-state index contributed by atoms with van der Waals surface area (Å²) < 4.78 is 16.4. The van der Waals surface area contributed by atoms with Crippen molar-refractivity contribution in [1.29, 1.82) is 0 Å². The molecule has 0 spiro atoms. The molecule has 0 bridgehead atoms. The molecule has 4 nitrogen and oxygen atoms in total. The quantitative estimate of drug-likeness (QED) is 0.830. The lowest BCUT2D eigenvalue weighted by Gasteiger charge is -2.01. The molecule has 0 aliphatic rings. The van der Waals surface area contributed by atoms with E-state index in [1.54, 1.807) is 0 Å². The fraction of sp³-hybridized carbons (Fsp3) is 0.444. The maximum Gasteiger partial charge on any atom is 0.338 e. The second-order valence-corrected chi connectivity index (χ2v) is 5.17. The van der Waals surface area contributed by atoms with E-state index in [0.29, 0.717) is 5.76 Å². The Hall–Kier alpha value is -1.10. The second kappa shape index (κ2) is 4.41. The Labute approximate surface area is 84.4 Å². The van der Waals surface area contributed by atoms with Crippen molar-refractivity contribution >= 4 is 16.8 Å². The largest absolute Gasteiger partial charge is 0.478 e. The number of furan rings is 1. The summed E-state index contributed by atoms with van der Waals surface area (Å²) in [5.41, 5.74) is 0.0979. The third kappa shape index (κ3) is 2.70. The van der Waals surface area contributed by atoms with E-state index >= 15 is 0 Å². The van der Waals surface area contributed by atoms with Gasteiger partial charge in [0.1, 0.15) is 12.0 Å². The molecule has 0 fully saturated rings. The summed E-state index contributed by atoms with van der Waals surface area (Å²) in [7, 11) is -1.01. The van der Waals surface area contributed by atoms with Crippen LogP contribution in [0.1, 0.15) is 30.0 Å². The zero-order valence-electron chi connectivity index (χ0n) is 8.02. The number of aromatic carboxylic acids is 1. The molecular formula is C9H12O4S. The van der Waals surface area contributed by atoms with E-state index in [0.717, 1.165) is 6.26 Å². The Morgan fingerprint density at radius 1 is 1.64 bits per heavy atom. The molecule has 5 heteroatoms. The van der Waals surface area contributed by atoms with Crippen molar-refractivity contribution in [1.82, 2.24) is 0 Å². The molecule has 1 atom stereocenters. The maximum absolute atomic E-state index is 11.4. The van der Waals surface area contributed by atoms with Gasteiger partial charge in [0.15, 0.2) is 0 Å². The van der Waals surface area contributed by atoms with Gasteiger partial charge in [0.25, 0.3) is 0 Å². The van der Waals surface area contributed by atoms with E-state index in [4.69, 9.17) is 9.52 Å². The van der Waals surface area contributed by atoms with Crippen LogP contribution in [-0.2, 0) is 16.6 Å². The first kappa shape index (κ1) is 11.0. The highest BCUT2D eigenvalue weighted by Gasteiger charge is 2.12. The number of hydrogen-bond donors (Lipinski definition) is 1. The van der Waals surface area contributed by atoms with E-state index in [1.807, 2.05) is 13.8 Å². The molecule has 78 valence electrons. The number of carbonyl (C=O) groups is 1. The molecule has 0 aromatic carbocycles. The molecule has 1 aromatic rings. The van der Waals surface area contributed by atoms with Gasteiger partial charge in [0.05, 0.1) is 11.3 Å². The van der Waals surface area contributed by atoms with E-state index in [1.165, 1.54) is 6.07 Å². The Kier molecular flexibility index (Phi) is 3.46. The summed E-state index contributed by atoms with van der Waals surface area (Å²) in [5, 5.41) is 8.66. The zero-order valence-corrected chi connectivity index (χ0v) is 8.84. The summed E-state index contributed by atoms with van der Waals surface area (Å²) in [5.74, 6) is -0.310. The van der Waals surface area contributed by atoms with Crippen LogP contribution in [0, 0.1) is 0 Å². The standard InChI is InChI=1S/C9H12O4S/c1-6(2)14(12)5-8-3-7(4-13-8)9(10)11/h3-4,6H,5H2,1-2H3,(H,10,11). The minimum absolute atomic E-state index is 0.0494. The fourth-order valence-corrected chi connectivity index (χ4v) is 1.64. The summed E-state index contributed by atoms with van der Waals surface area (Å²) in [6.45, 7) is 3.69. The van der Waals surface area contributed by atoms with Gasteiger partial charge in [-0.05, 0) is 6.07 Å². The van der Waals surface area contributed by atoms with Crippen molar-refractivity contribution in [3.63, 3.8) is 0 Å². The lowest BCUT2D eigenvalue weighted by atomic mass is 10.3. The molecule has 1 N–H and O–H groups in total. The highest BCUT2D eigenvalue weighted by molar-refractivity contribution is 7.84. The highest BCUT2D eigenvalue weighted by Crippen LogP contribution is 2.11. The van der Waals surface area contributed by atoms with Crippen molar-refractivity contribution in [2.45, 2.75) is 24.9 Å². The third-order valence-electron chi connectivity index (χ3n) is 1.71. The normalized spacial score (nSPS) is 13.1. The van der Waals surface area contributed by atoms with E-state index < -0.39 is 16.8 Å². The average molecular weight is 216 g/mol. The Balaban J connectivity index is 2.69. The summed E-state index contributed by atoms with van der Waals surface area (Å²) in [4.78, 5) is 10.5. The van der Waals surface area contributed by atoms with Gasteiger partial charge in [-0.25, -0.2) is 4.79 Å². The molecule has 0 amide bonds. The Morgan fingerprint density at radius 3 is 2.71 bits per heavy atom. The molecular weight excluding hydrogens is 204 g/mol. The number of carboxylic acids is 1. The van der Waals surface area contributed by atoms with Crippen molar-refractivity contribution in [2.24, 2.45) is 0 Å². The maximum atomic E-state index is 11.4. The molecule has 1 unspecified atom stereocenters. The van der Waals surface area contributed by atoms with Gasteiger partial charge >= 0.3 is 5.97 Å². The van der Waals surface area contributed by atoms with Crippen LogP contribution >= 0.6 is 0 Å². The monoisotopic (exact) mass is 216 g/mol. The molecule has 0 saturated heterocycles. The van der Waals surface area contributed by atoms with Crippen molar-refractivity contribution in [3.05, 3.63) is 23.7 Å². The number of hydrogen-bond acceptors (Lipinski definition) is 3. The summed E-state index contributed by atoms with van der Waals surface area (Å²) in [6.07, 6.45) is 1.16. The molecule has 14 heavy (non-hydrogen) atoms. The van der Waals surface area contributed by atoms with Crippen molar-refractivity contribution in [2.75, 3.05) is 0 Å². The van der Waals surface area contributed by atoms with Crippen LogP contribution in [-0.4, -0.2) is 20.5 Å². The van der Waals surface area contributed by atoms with Gasteiger partial charge in [0.2, 0.25) is 0 Å². The van der Waals surface area contributed by atoms with Crippen LogP contribution in [0.25, 0.3) is 0 Å². The predicted molar refractivity (Wildman–Crippen MR) is 52.6 cm³/mol. The summed E-state index contributed by atoms with van der Waals surface area (Å²) >= 11 is 0. The van der Waals surface area contributed by atoms with Gasteiger partial charge in [-0.3, -0.25) is 4.21 Å². The van der Waals surface area contributed by atoms with Gasteiger partial charge < -0.3 is 9.52 Å². The topological polar surface area (TPSA) is 67.5 Å². The fourth-order valence-electron chi connectivity index (χ4n) is 0.875. The van der Waals surface area contributed by atoms with Gasteiger partial charge in [-0.2, -0.15) is 0 Å². The highest BCUT2D eigenvalue weighted by atomic mass is 32.2. The van der Waals surface area contributed by atoms with Crippen molar-refractivity contribution < 1.29 is 18.5 Å². The van der Waals surface area contributed by atoms with Crippen LogP contribution in [0.5, 0.6) is 0 Å². The van der Waals surface area contributed by atoms with Gasteiger partial charge in [-0.15, -0.1) is 0 Å². The molecule has 0 aliphatic carbocycles. The molecule has 0 aliphatic heterocycles. The Morgan fingerprint density at radius 2 is 2.29 bits per heavy atom. The van der Waals surface area contributed by atoms with Gasteiger partial charge in [0, 0.05) is 16.0 Å². The molecule has 0 radical (unpaired) electrons. The van der Waals surface area contributed by atoms with E-state index in [2.05, 4.69) is 0 Å². The van der Waals surface area contributed by atoms with Crippen LogP contribution < -0.4 is 0 Å². The first-order valence-electron chi connectivity index (χ1n) is 4.18. The summed E-state index contributed by atoms with van der Waals surface area (Å²) in [6, 6.07) is 1.41. The molecule has 0 saturated carbocycles. The lowest BCUT2D eigenvalue weighted by Crippen LogP contribution is -2.07. The van der Waals surface area contributed by atoms with E-state index in [9.17, 15) is 9.00 Å². The first-order valence-corrected chi connectivity index (χ1v) is 5.56. The minimum Gasteiger partial charge on any atom is -0.478 e. The lowest BCUT2D eigenvalue weighted by molar-refractivity contribution is 0.0696. The molecule has 1 heterocycles.